The number of carbonyl (C=O) groups is 1. The maximum atomic E-state index is 12.1. The molecule has 0 unspecified atom stereocenters. The van der Waals surface area contributed by atoms with Gasteiger partial charge in [0, 0.05) is 51.0 Å². The van der Waals surface area contributed by atoms with Crippen LogP contribution in [0.4, 0.5) is 13.2 Å². The Kier molecular flexibility index (Phi) is 8.59. The molecule has 0 bridgehead atoms. The summed E-state index contributed by atoms with van der Waals surface area (Å²) in [5.74, 6) is -2.19. The molecule has 2 aliphatic heterocycles. The lowest BCUT2D eigenvalue weighted by Gasteiger charge is -2.37. The highest BCUT2D eigenvalue weighted by Gasteiger charge is 2.38. The number of fused-ring (bicyclic) bond motifs is 1. The van der Waals surface area contributed by atoms with Gasteiger partial charge in [0.25, 0.3) is 0 Å². The number of pyridine rings is 1. The van der Waals surface area contributed by atoms with Crippen molar-refractivity contribution in [2.45, 2.75) is 32.2 Å². The number of halogens is 3. The number of carboxylic acids is 1. The van der Waals surface area contributed by atoms with E-state index in [4.69, 9.17) is 14.6 Å². The highest BCUT2D eigenvalue weighted by atomic mass is 32.2. The van der Waals surface area contributed by atoms with Gasteiger partial charge in [-0.05, 0) is 25.0 Å². The molecule has 2 fully saturated rings. The van der Waals surface area contributed by atoms with Gasteiger partial charge >= 0.3 is 12.1 Å². The van der Waals surface area contributed by atoms with E-state index in [1.807, 2.05) is 12.3 Å². The Balaban J connectivity index is 0.000000396. The van der Waals surface area contributed by atoms with E-state index >= 15 is 0 Å². The van der Waals surface area contributed by atoms with Crippen LogP contribution >= 0.6 is 0 Å². The number of ether oxygens (including phenoxy) is 1. The number of hydrogen-bond acceptors (Lipinski definition) is 6. The molecule has 0 spiro atoms. The molecule has 1 aromatic heterocycles. The summed E-state index contributed by atoms with van der Waals surface area (Å²) < 4.78 is 63.5. The van der Waals surface area contributed by atoms with Crippen LogP contribution in [0.15, 0.2) is 24.5 Å². The quantitative estimate of drug-likeness (QED) is 0.739. The van der Waals surface area contributed by atoms with Gasteiger partial charge in [-0.3, -0.25) is 9.88 Å². The second-order valence-electron chi connectivity index (χ2n) is 7.12. The Morgan fingerprint density at radius 2 is 2.03 bits per heavy atom. The van der Waals surface area contributed by atoms with E-state index in [9.17, 15) is 21.6 Å². The van der Waals surface area contributed by atoms with Crippen LogP contribution in [0.2, 0.25) is 0 Å². The predicted molar refractivity (Wildman–Crippen MR) is 102 cm³/mol. The zero-order valence-electron chi connectivity index (χ0n) is 16.6. The third kappa shape index (κ3) is 7.18. The molecule has 3 rings (SSSR count). The van der Waals surface area contributed by atoms with Crippen LogP contribution in [0.25, 0.3) is 0 Å². The largest absolute Gasteiger partial charge is 0.490 e. The lowest BCUT2D eigenvalue weighted by atomic mass is 9.94. The van der Waals surface area contributed by atoms with Crippen molar-refractivity contribution < 1.29 is 36.2 Å². The molecule has 2 aliphatic rings. The van der Waals surface area contributed by atoms with Gasteiger partial charge in [0.15, 0.2) is 0 Å². The molecule has 2 atom stereocenters. The fraction of sp³-hybridized carbons (Fsp3) is 0.667. The number of piperidine rings is 1. The summed E-state index contributed by atoms with van der Waals surface area (Å²) in [6.45, 7) is 6.18. The maximum absolute atomic E-state index is 12.1. The first-order chi connectivity index (χ1) is 14.0. The first-order valence-corrected chi connectivity index (χ1v) is 11.1. The van der Waals surface area contributed by atoms with Crippen molar-refractivity contribution in [3.63, 3.8) is 0 Å². The van der Waals surface area contributed by atoms with Gasteiger partial charge in [-0.1, -0.05) is 6.07 Å². The molecule has 1 N–H and O–H groups in total. The molecule has 1 aromatic rings. The lowest BCUT2D eigenvalue weighted by molar-refractivity contribution is -0.192. The molecular weight excluding hydrogens is 427 g/mol. The Morgan fingerprint density at radius 3 is 2.60 bits per heavy atom. The van der Waals surface area contributed by atoms with Crippen molar-refractivity contribution in [1.82, 2.24) is 14.2 Å². The monoisotopic (exact) mass is 453 g/mol. The summed E-state index contributed by atoms with van der Waals surface area (Å²) in [5, 5.41) is 7.12. The molecule has 12 heteroatoms. The third-order valence-electron chi connectivity index (χ3n) is 5.02. The predicted octanol–water partition coefficient (Wildman–Crippen LogP) is 1.59. The number of aliphatic carboxylic acids is 1. The Morgan fingerprint density at radius 1 is 1.33 bits per heavy atom. The summed E-state index contributed by atoms with van der Waals surface area (Å²) in [5.41, 5.74) is 1.21. The first-order valence-electron chi connectivity index (χ1n) is 9.53. The maximum Gasteiger partial charge on any atom is 0.490 e. The minimum absolute atomic E-state index is 0.0176. The summed E-state index contributed by atoms with van der Waals surface area (Å²) >= 11 is 0. The van der Waals surface area contributed by atoms with Crippen LogP contribution in [-0.2, 0) is 26.1 Å². The zero-order chi connectivity index (χ0) is 22.4. The molecule has 0 amide bonds. The van der Waals surface area contributed by atoms with Gasteiger partial charge in [-0.15, -0.1) is 0 Å². The highest BCUT2D eigenvalue weighted by Crippen LogP contribution is 2.26. The lowest BCUT2D eigenvalue weighted by Crippen LogP contribution is -2.49. The van der Waals surface area contributed by atoms with E-state index in [0.717, 1.165) is 26.1 Å². The van der Waals surface area contributed by atoms with Crippen LogP contribution in [0, 0.1) is 5.92 Å². The molecule has 30 heavy (non-hydrogen) atoms. The van der Waals surface area contributed by atoms with Crippen molar-refractivity contribution in [3.05, 3.63) is 30.1 Å². The number of alkyl halides is 3. The average molecular weight is 453 g/mol. The Labute approximate surface area is 173 Å². The van der Waals surface area contributed by atoms with Gasteiger partial charge in [0.1, 0.15) is 0 Å². The Bertz CT molecular complexity index is 792. The topological polar surface area (TPSA) is 100 Å². The van der Waals surface area contributed by atoms with Gasteiger partial charge in [0.2, 0.25) is 10.0 Å². The smallest absolute Gasteiger partial charge is 0.475 e. The second kappa shape index (κ2) is 10.5. The van der Waals surface area contributed by atoms with Crippen molar-refractivity contribution in [1.29, 1.82) is 0 Å². The van der Waals surface area contributed by atoms with Gasteiger partial charge < -0.3 is 9.84 Å². The number of nitrogens with zero attached hydrogens (tertiary/aromatic N) is 3. The molecule has 0 saturated carbocycles. The van der Waals surface area contributed by atoms with Crippen LogP contribution in [0.3, 0.4) is 0 Å². The van der Waals surface area contributed by atoms with E-state index in [0.29, 0.717) is 25.6 Å². The number of hydrogen-bond donors (Lipinski definition) is 1. The number of aromatic nitrogens is 1. The molecule has 0 aliphatic carbocycles. The normalized spacial score (nSPS) is 23.6. The van der Waals surface area contributed by atoms with Gasteiger partial charge in [-0.2, -0.15) is 17.5 Å². The van der Waals surface area contributed by atoms with Crippen LogP contribution in [0.5, 0.6) is 0 Å². The van der Waals surface area contributed by atoms with Crippen molar-refractivity contribution >= 4 is 16.0 Å². The number of carboxylic acid groups (broad SMARTS) is 1. The molecule has 2 saturated heterocycles. The fourth-order valence-electron chi connectivity index (χ4n) is 3.42. The fourth-order valence-corrected chi connectivity index (χ4v) is 4.54. The molecule has 170 valence electrons. The molecular formula is C18H26F3N3O5S. The minimum Gasteiger partial charge on any atom is -0.475 e. The van der Waals surface area contributed by atoms with Gasteiger partial charge in [-0.25, -0.2) is 13.2 Å². The Hall–Kier alpha value is -1.76. The number of rotatable bonds is 4. The zero-order valence-corrected chi connectivity index (χ0v) is 17.4. The SMILES string of the molecule is CCS(=O)(=O)N1CC[C@@H]2CN(Cc3cccnc3)CCO[C@@H]2C1.O=C(O)C(F)(F)F. The third-order valence-corrected chi connectivity index (χ3v) is 6.87. The summed E-state index contributed by atoms with van der Waals surface area (Å²) in [6, 6.07) is 4.05. The average Bonchev–Trinajstić information content (AvgIpc) is 2.89. The molecule has 3 heterocycles. The van der Waals surface area contributed by atoms with Crippen molar-refractivity contribution in [2.24, 2.45) is 5.92 Å². The van der Waals surface area contributed by atoms with Crippen LogP contribution < -0.4 is 0 Å². The van der Waals surface area contributed by atoms with Crippen LogP contribution in [0.1, 0.15) is 18.9 Å². The van der Waals surface area contributed by atoms with Crippen molar-refractivity contribution in [2.75, 3.05) is 38.5 Å². The van der Waals surface area contributed by atoms with E-state index in [1.54, 1.807) is 17.4 Å². The minimum atomic E-state index is -5.08. The number of sulfonamides is 1. The van der Waals surface area contributed by atoms with E-state index in [1.165, 1.54) is 5.56 Å². The summed E-state index contributed by atoms with van der Waals surface area (Å²) in [4.78, 5) is 15.5. The molecule has 0 radical (unpaired) electrons. The molecule has 0 aromatic carbocycles. The van der Waals surface area contributed by atoms with Crippen molar-refractivity contribution in [3.8, 4) is 0 Å². The van der Waals surface area contributed by atoms with E-state index in [2.05, 4.69) is 16.0 Å². The summed E-state index contributed by atoms with van der Waals surface area (Å²) in [7, 11) is -3.11. The van der Waals surface area contributed by atoms with E-state index in [-0.39, 0.29) is 11.9 Å². The highest BCUT2D eigenvalue weighted by molar-refractivity contribution is 7.89. The van der Waals surface area contributed by atoms with Crippen LogP contribution in [-0.4, -0.2) is 84.5 Å². The van der Waals surface area contributed by atoms with E-state index < -0.39 is 22.2 Å². The first kappa shape index (κ1) is 24.5. The standard InChI is InChI=1S/C16H25N3O3S.C2HF3O2/c1-2-23(20,21)19-7-5-15-12-18(8-9-22-16(15)13-19)11-14-4-3-6-17-10-14;3-2(4,5)1(6)7/h3-4,6,10,15-16H,2,5,7-9,11-13H2,1H3;(H,6,7)/t15-,16-;/m1./s1. The molecule has 8 nitrogen and oxygen atoms in total. The second-order valence-corrected chi connectivity index (χ2v) is 9.37. The van der Waals surface area contributed by atoms with Gasteiger partial charge in [0.05, 0.1) is 18.5 Å². The summed E-state index contributed by atoms with van der Waals surface area (Å²) in [6.07, 6.45) is -0.508.